The maximum atomic E-state index is 13.0. The Morgan fingerprint density at radius 3 is 1.92 bits per heavy atom. The number of benzene rings is 1. The Morgan fingerprint density at radius 2 is 1.58 bits per heavy atom. The first-order chi connectivity index (χ1) is 5.69. The van der Waals surface area contributed by atoms with E-state index in [1.54, 1.807) is 19.1 Å². The summed E-state index contributed by atoms with van der Waals surface area (Å²) >= 11 is 0. The fourth-order valence-electron chi connectivity index (χ4n) is 0.932. The van der Waals surface area contributed by atoms with Crippen molar-refractivity contribution >= 4 is 0 Å². The molecule has 0 heterocycles. The van der Waals surface area contributed by atoms with Crippen LogP contribution >= 0.6 is 0 Å². The molecule has 0 fully saturated rings. The molecule has 1 aromatic carbocycles. The lowest BCUT2D eigenvalue weighted by Crippen LogP contribution is -1.90. The quantitative estimate of drug-likeness (QED) is 0.581. The number of hydrogen-bond acceptors (Lipinski definition) is 2. The van der Waals surface area contributed by atoms with Crippen LogP contribution < -0.4 is 0 Å². The molecule has 0 N–H and O–H groups in total. The van der Waals surface area contributed by atoms with Crippen molar-refractivity contribution in [1.29, 1.82) is 10.5 Å². The lowest BCUT2D eigenvalue weighted by Gasteiger charge is -1.97. The third kappa shape index (κ3) is 1.26. The van der Waals surface area contributed by atoms with E-state index in [-0.39, 0.29) is 11.1 Å². The molecule has 2 nitrogen and oxygen atoms in total. The predicted molar refractivity (Wildman–Crippen MR) is 40.6 cm³/mol. The summed E-state index contributed by atoms with van der Waals surface area (Å²) in [7, 11) is 0. The van der Waals surface area contributed by atoms with Crippen LogP contribution in [0.1, 0.15) is 16.7 Å². The van der Waals surface area contributed by atoms with Gasteiger partial charge in [-0.05, 0) is 24.6 Å². The third-order valence-corrected chi connectivity index (χ3v) is 1.46. The minimum atomic E-state index is -0.731. The van der Waals surface area contributed by atoms with Crippen molar-refractivity contribution in [3.8, 4) is 12.1 Å². The van der Waals surface area contributed by atoms with E-state index >= 15 is 0 Å². The number of rotatable bonds is 0. The highest BCUT2D eigenvalue weighted by atomic mass is 19.1. The van der Waals surface area contributed by atoms with Gasteiger partial charge in [0.25, 0.3) is 0 Å². The summed E-state index contributed by atoms with van der Waals surface area (Å²) in [4.78, 5) is 0. The van der Waals surface area contributed by atoms with E-state index in [0.717, 1.165) is 0 Å². The molecular formula is C9H5FN2. The van der Waals surface area contributed by atoms with Crippen LogP contribution in [0.2, 0.25) is 0 Å². The SMILES string of the molecule is Cc1cc(C#N)c(F)c(C#N)c1. The highest BCUT2D eigenvalue weighted by Gasteiger charge is 2.07. The molecule has 1 rings (SSSR count). The van der Waals surface area contributed by atoms with E-state index in [9.17, 15) is 4.39 Å². The summed E-state index contributed by atoms with van der Waals surface area (Å²) in [6.45, 7) is 1.71. The Labute approximate surface area is 69.5 Å². The topological polar surface area (TPSA) is 47.6 Å². The van der Waals surface area contributed by atoms with Gasteiger partial charge in [0.1, 0.15) is 12.1 Å². The highest BCUT2D eigenvalue weighted by Crippen LogP contribution is 2.13. The Kier molecular flexibility index (Phi) is 2.07. The molecule has 0 aromatic heterocycles. The summed E-state index contributed by atoms with van der Waals surface area (Å²) in [5, 5.41) is 16.9. The van der Waals surface area contributed by atoms with Gasteiger partial charge in [0.05, 0.1) is 11.1 Å². The first kappa shape index (κ1) is 8.23. The Bertz CT molecular complexity index is 361. The van der Waals surface area contributed by atoms with Crippen LogP contribution in [0.25, 0.3) is 0 Å². The van der Waals surface area contributed by atoms with Gasteiger partial charge in [-0.1, -0.05) is 0 Å². The Balaban J connectivity index is 3.48. The van der Waals surface area contributed by atoms with Crippen LogP contribution in [0.3, 0.4) is 0 Å². The van der Waals surface area contributed by atoms with E-state index in [2.05, 4.69) is 0 Å². The zero-order chi connectivity index (χ0) is 9.14. The highest BCUT2D eigenvalue weighted by molar-refractivity contribution is 5.43. The Hall–Kier alpha value is -1.87. The molecular weight excluding hydrogens is 155 g/mol. The van der Waals surface area contributed by atoms with Gasteiger partial charge in [0.2, 0.25) is 0 Å². The molecule has 0 spiro atoms. The molecule has 58 valence electrons. The fourth-order valence-corrected chi connectivity index (χ4v) is 0.932. The summed E-state index contributed by atoms with van der Waals surface area (Å²) < 4.78 is 13.0. The van der Waals surface area contributed by atoms with Crippen molar-refractivity contribution in [3.05, 3.63) is 34.6 Å². The fraction of sp³-hybridized carbons (Fsp3) is 0.111. The van der Waals surface area contributed by atoms with E-state index in [4.69, 9.17) is 10.5 Å². The molecule has 1 aromatic rings. The monoisotopic (exact) mass is 160 g/mol. The van der Waals surface area contributed by atoms with E-state index in [1.165, 1.54) is 12.1 Å². The molecule has 0 saturated heterocycles. The van der Waals surface area contributed by atoms with E-state index < -0.39 is 5.82 Å². The number of nitrogens with zero attached hydrogens (tertiary/aromatic N) is 2. The minimum absolute atomic E-state index is 0.0773. The molecule has 0 radical (unpaired) electrons. The van der Waals surface area contributed by atoms with Crippen molar-refractivity contribution < 1.29 is 4.39 Å². The van der Waals surface area contributed by atoms with Gasteiger partial charge in [0, 0.05) is 0 Å². The van der Waals surface area contributed by atoms with Crippen LogP contribution in [0.4, 0.5) is 4.39 Å². The van der Waals surface area contributed by atoms with E-state index in [1.807, 2.05) is 0 Å². The lowest BCUT2D eigenvalue weighted by molar-refractivity contribution is 0.619. The van der Waals surface area contributed by atoms with Gasteiger partial charge in [0.15, 0.2) is 5.82 Å². The molecule has 12 heavy (non-hydrogen) atoms. The summed E-state index contributed by atoms with van der Waals surface area (Å²) in [6, 6.07) is 6.20. The number of aryl methyl sites for hydroxylation is 1. The average molecular weight is 160 g/mol. The molecule has 0 atom stereocenters. The standard InChI is InChI=1S/C9H5FN2/c1-6-2-7(4-11)9(10)8(3-6)5-12/h2-3H,1H3. The van der Waals surface area contributed by atoms with Crippen LogP contribution in [0, 0.1) is 35.4 Å². The predicted octanol–water partition coefficient (Wildman–Crippen LogP) is 1.88. The van der Waals surface area contributed by atoms with Crippen LogP contribution in [-0.4, -0.2) is 0 Å². The van der Waals surface area contributed by atoms with Gasteiger partial charge in [-0.2, -0.15) is 10.5 Å². The molecule has 3 heteroatoms. The second-order valence-corrected chi connectivity index (χ2v) is 2.40. The Morgan fingerprint density at radius 1 is 1.17 bits per heavy atom. The maximum absolute atomic E-state index is 13.0. The smallest absolute Gasteiger partial charge is 0.158 e. The van der Waals surface area contributed by atoms with Crippen molar-refractivity contribution in [1.82, 2.24) is 0 Å². The summed E-state index contributed by atoms with van der Waals surface area (Å²) in [6.07, 6.45) is 0. The molecule has 0 aliphatic rings. The second kappa shape index (κ2) is 3.02. The zero-order valence-corrected chi connectivity index (χ0v) is 6.43. The molecule has 0 aliphatic heterocycles. The van der Waals surface area contributed by atoms with Crippen LogP contribution in [0.15, 0.2) is 12.1 Å². The molecule has 0 unspecified atom stereocenters. The first-order valence-electron chi connectivity index (χ1n) is 3.29. The molecule has 0 saturated carbocycles. The van der Waals surface area contributed by atoms with Gasteiger partial charge in [-0.3, -0.25) is 0 Å². The van der Waals surface area contributed by atoms with Crippen molar-refractivity contribution in [2.75, 3.05) is 0 Å². The maximum Gasteiger partial charge on any atom is 0.158 e. The van der Waals surface area contributed by atoms with Crippen molar-refractivity contribution in [2.24, 2.45) is 0 Å². The van der Waals surface area contributed by atoms with Gasteiger partial charge in [-0.15, -0.1) is 0 Å². The second-order valence-electron chi connectivity index (χ2n) is 2.40. The van der Waals surface area contributed by atoms with Gasteiger partial charge in [-0.25, -0.2) is 4.39 Å². The van der Waals surface area contributed by atoms with Crippen molar-refractivity contribution in [3.63, 3.8) is 0 Å². The van der Waals surface area contributed by atoms with E-state index in [0.29, 0.717) is 5.56 Å². The average Bonchev–Trinajstić information content (AvgIpc) is 2.08. The van der Waals surface area contributed by atoms with Gasteiger partial charge >= 0.3 is 0 Å². The van der Waals surface area contributed by atoms with Gasteiger partial charge < -0.3 is 0 Å². The number of halogens is 1. The van der Waals surface area contributed by atoms with Crippen LogP contribution in [-0.2, 0) is 0 Å². The third-order valence-electron chi connectivity index (χ3n) is 1.46. The number of hydrogen-bond donors (Lipinski definition) is 0. The summed E-state index contributed by atoms with van der Waals surface area (Å²) in [5.41, 5.74) is 0.558. The minimum Gasteiger partial charge on any atom is -0.204 e. The largest absolute Gasteiger partial charge is 0.204 e. The zero-order valence-electron chi connectivity index (χ0n) is 6.43. The first-order valence-corrected chi connectivity index (χ1v) is 3.29. The summed E-state index contributed by atoms with van der Waals surface area (Å²) in [5.74, 6) is -0.731. The molecule has 0 bridgehead atoms. The number of nitriles is 2. The molecule has 0 aliphatic carbocycles. The van der Waals surface area contributed by atoms with Crippen molar-refractivity contribution in [2.45, 2.75) is 6.92 Å². The van der Waals surface area contributed by atoms with Crippen LogP contribution in [0.5, 0.6) is 0 Å². The normalized spacial score (nSPS) is 8.67. The lowest BCUT2D eigenvalue weighted by atomic mass is 10.1. The molecule has 0 amide bonds.